The molecule has 0 unspecified atom stereocenters. The molecule has 1 N–H and O–H groups in total. The van der Waals surface area contributed by atoms with Gasteiger partial charge in [0.05, 0.1) is 5.56 Å². The Bertz CT molecular complexity index is 860. The van der Waals surface area contributed by atoms with E-state index in [0.29, 0.717) is 11.7 Å². The summed E-state index contributed by atoms with van der Waals surface area (Å²) in [5, 5.41) is 10.0. The molecule has 0 fully saturated rings. The lowest BCUT2D eigenvalue weighted by molar-refractivity contribution is -0.137. The average Bonchev–Trinajstić information content (AvgIpc) is 3.24. The first-order valence-electron chi connectivity index (χ1n) is 7.24. The summed E-state index contributed by atoms with van der Waals surface area (Å²) in [6.45, 7) is 0. The second-order valence-electron chi connectivity index (χ2n) is 5.15. The Hall–Kier alpha value is -2.68. The van der Waals surface area contributed by atoms with E-state index in [2.05, 4.69) is 15.5 Å². The predicted octanol–water partition coefficient (Wildman–Crippen LogP) is 4.39. The summed E-state index contributed by atoms with van der Waals surface area (Å²) in [7, 11) is 0. The van der Waals surface area contributed by atoms with Gasteiger partial charge in [-0.2, -0.15) is 29.5 Å². The van der Waals surface area contributed by atoms with E-state index in [1.165, 1.54) is 23.5 Å². The third-order valence-corrected chi connectivity index (χ3v) is 3.97. The zero-order valence-corrected chi connectivity index (χ0v) is 13.5. The molecule has 1 amide bonds. The number of carbonyl (C=O) groups is 1. The zero-order chi connectivity index (χ0) is 17.9. The summed E-state index contributed by atoms with van der Waals surface area (Å²) in [6.07, 6.45) is -4.24. The highest BCUT2D eigenvalue weighted by atomic mass is 32.1. The van der Waals surface area contributed by atoms with Crippen molar-refractivity contribution in [3.8, 4) is 11.4 Å². The summed E-state index contributed by atoms with van der Waals surface area (Å²) in [6, 6.07) is 6.32. The van der Waals surface area contributed by atoms with Crippen LogP contribution in [0.2, 0.25) is 0 Å². The Labute approximate surface area is 144 Å². The number of aryl methyl sites for hydroxylation is 1. The van der Waals surface area contributed by atoms with Gasteiger partial charge in [0, 0.05) is 29.5 Å². The van der Waals surface area contributed by atoms with Crippen LogP contribution in [0.3, 0.4) is 0 Å². The number of nitrogens with zero attached hydrogens (tertiary/aromatic N) is 2. The Morgan fingerprint density at radius 3 is 2.84 bits per heavy atom. The second-order valence-corrected chi connectivity index (χ2v) is 5.93. The van der Waals surface area contributed by atoms with Gasteiger partial charge in [0.15, 0.2) is 0 Å². The lowest BCUT2D eigenvalue weighted by atomic mass is 10.2. The van der Waals surface area contributed by atoms with Crippen molar-refractivity contribution in [3.05, 3.63) is 52.5 Å². The van der Waals surface area contributed by atoms with Crippen molar-refractivity contribution in [1.29, 1.82) is 0 Å². The zero-order valence-electron chi connectivity index (χ0n) is 12.7. The highest BCUT2D eigenvalue weighted by Gasteiger charge is 2.30. The van der Waals surface area contributed by atoms with Crippen LogP contribution in [-0.2, 0) is 17.4 Å². The fourth-order valence-corrected chi connectivity index (χ4v) is 2.72. The maximum atomic E-state index is 12.7. The van der Waals surface area contributed by atoms with Gasteiger partial charge in [-0.15, -0.1) is 0 Å². The number of hydrogen-bond donors (Lipinski definition) is 1. The van der Waals surface area contributed by atoms with Gasteiger partial charge in [0.25, 0.3) is 0 Å². The van der Waals surface area contributed by atoms with Crippen molar-refractivity contribution in [2.24, 2.45) is 0 Å². The van der Waals surface area contributed by atoms with Crippen LogP contribution in [0.25, 0.3) is 11.4 Å². The SMILES string of the molecule is O=C(CCc1nc(-c2ccsc2)no1)Nc1cccc(C(F)(F)F)c1. The minimum absolute atomic E-state index is 0.0154. The smallest absolute Gasteiger partial charge is 0.339 e. The first-order valence-corrected chi connectivity index (χ1v) is 8.18. The molecule has 0 radical (unpaired) electrons. The van der Waals surface area contributed by atoms with Crippen molar-refractivity contribution >= 4 is 22.9 Å². The van der Waals surface area contributed by atoms with Crippen molar-refractivity contribution in [3.63, 3.8) is 0 Å². The van der Waals surface area contributed by atoms with E-state index in [1.807, 2.05) is 16.8 Å². The second kappa shape index (κ2) is 7.06. The lowest BCUT2D eigenvalue weighted by Gasteiger charge is -2.09. The first-order chi connectivity index (χ1) is 11.9. The Kier molecular flexibility index (Phi) is 4.84. The number of nitrogens with one attached hydrogen (secondary N) is 1. The molecule has 0 saturated heterocycles. The van der Waals surface area contributed by atoms with Gasteiger partial charge < -0.3 is 9.84 Å². The number of benzene rings is 1. The molecule has 2 heterocycles. The number of carbonyl (C=O) groups excluding carboxylic acids is 1. The normalized spacial score (nSPS) is 11.5. The molecule has 1 aromatic carbocycles. The number of amides is 1. The van der Waals surface area contributed by atoms with Crippen molar-refractivity contribution in [2.75, 3.05) is 5.32 Å². The Balaban J connectivity index is 1.57. The largest absolute Gasteiger partial charge is 0.416 e. The molecule has 0 aliphatic rings. The predicted molar refractivity (Wildman–Crippen MR) is 86.0 cm³/mol. The van der Waals surface area contributed by atoms with Crippen LogP contribution in [0.5, 0.6) is 0 Å². The number of anilines is 1. The number of aromatic nitrogens is 2. The van der Waals surface area contributed by atoms with E-state index in [-0.39, 0.29) is 18.5 Å². The minimum Gasteiger partial charge on any atom is -0.339 e. The highest BCUT2D eigenvalue weighted by Crippen LogP contribution is 2.30. The summed E-state index contributed by atoms with van der Waals surface area (Å²) in [4.78, 5) is 16.1. The Morgan fingerprint density at radius 2 is 2.12 bits per heavy atom. The fourth-order valence-electron chi connectivity index (χ4n) is 2.08. The third kappa shape index (κ3) is 4.44. The summed E-state index contributed by atoms with van der Waals surface area (Å²) in [5.41, 5.74) is 0.0975. The van der Waals surface area contributed by atoms with Crippen LogP contribution < -0.4 is 5.32 Å². The Morgan fingerprint density at radius 1 is 1.28 bits per heavy atom. The van der Waals surface area contributed by atoms with E-state index < -0.39 is 17.6 Å². The number of halogens is 3. The van der Waals surface area contributed by atoms with Gasteiger partial charge in [-0.1, -0.05) is 11.2 Å². The molecule has 0 atom stereocenters. The maximum absolute atomic E-state index is 12.7. The van der Waals surface area contributed by atoms with Gasteiger partial charge in [-0.3, -0.25) is 4.79 Å². The molecule has 130 valence electrons. The minimum atomic E-state index is -4.46. The summed E-state index contributed by atoms with van der Waals surface area (Å²) >= 11 is 1.50. The summed E-state index contributed by atoms with van der Waals surface area (Å²) in [5.74, 6) is 0.296. The topological polar surface area (TPSA) is 68.0 Å². The molecule has 3 rings (SSSR count). The molecule has 5 nitrogen and oxygen atoms in total. The van der Waals surface area contributed by atoms with E-state index in [4.69, 9.17) is 4.52 Å². The molecule has 0 spiro atoms. The van der Waals surface area contributed by atoms with Crippen LogP contribution >= 0.6 is 11.3 Å². The molecule has 25 heavy (non-hydrogen) atoms. The molecular weight excluding hydrogens is 355 g/mol. The molecule has 9 heteroatoms. The lowest BCUT2D eigenvalue weighted by Crippen LogP contribution is -2.13. The highest BCUT2D eigenvalue weighted by molar-refractivity contribution is 7.08. The van der Waals surface area contributed by atoms with Crippen LogP contribution in [-0.4, -0.2) is 16.0 Å². The monoisotopic (exact) mass is 367 g/mol. The van der Waals surface area contributed by atoms with Crippen LogP contribution in [0.4, 0.5) is 18.9 Å². The molecule has 0 aliphatic carbocycles. The molecule has 3 aromatic rings. The van der Waals surface area contributed by atoms with Gasteiger partial charge in [-0.25, -0.2) is 0 Å². The molecule has 0 bridgehead atoms. The average molecular weight is 367 g/mol. The molecule has 2 aromatic heterocycles. The number of hydrogen-bond acceptors (Lipinski definition) is 5. The fraction of sp³-hybridized carbons (Fsp3) is 0.188. The van der Waals surface area contributed by atoms with Crippen LogP contribution in [0.1, 0.15) is 17.9 Å². The molecule has 0 saturated carbocycles. The molecular formula is C16H12F3N3O2S. The van der Waals surface area contributed by atoms with Crippen molar-refractivity contribution in [2.45, 2.75) is 19.0 Å². The standard InChI is InChI=1S/C16H12F3N3O2S/c17-16(18,19)11-2-1-3-12(8-11)20-13(23)4-5-14-21-15(22-24-14)10-6-7-25-9-10/h1-3,6-9H,4-5H2,(H,20,23). The van der Waals surface area contributed by atoms with Gasteiger partial charge in [-0.05, 0) is 29.6 Å². The van der Waals surface area contributed by atoms with Gasteiger partial charge in [0.2, 0.25) is 17.6 Å². The van der Waals surface area contributed by atoms with Crippen molar-refractivity contribution in [1.82, 2.24) is 10.1 Å². The third-order valence-electron chi connectivity index (χ3n) is 3.29. The van der Waals surface area contributed by atoms with Crippen LogP contribution in [0, 0.1) is 0 Å². The van der Waals surface area contributed by atoms with Gasteiger partial charge in [0.1, 0.15) is 0 Å². The van der Waals surface area contributed by atoms with Crippen LogP contribution in [0.15, 0.2) is 45.6 Å². The van der Waals surface area contributed by atoms with E-state index in [9.17, 15) is 18.0 Å². The number of alkyl halides is 3. The number of thiophene rings is 1. The maximum Gasteiger partial charge on any atom is 0.416 e. The van der Waals surface area contributed by atoms with E-state index in [1.54, 1.807) is 0 Å². The van der Waals surface area contributed by atoms with E-state index in [0.717, 1.165) is 17.7 Å². The number of rotatable bonds is 5. The van der Waals surface area contributed by atoms with Gasteiger partial charge >= 0.3 is 6.18 Å². The molecule has 0 aliphatic heterocycles. The quantitative estimate of drug-likeness (QED) is 0.726. The van der Waals surface area contributed by atoms with Crippen molar-refractivity contribution < 1.29 is 22.5 Å². The van der Waals surface area contributed by atoms with E-state index >= 15 is 0 Å². The summed E-state index contributed by atoms with van der Waals surface area (Å²) < 4.78 is 43.0. The first kappa shape index (κ1) is 17.2.